The van der Waals surface area contributed by atoms with Gasteiger partial charge in [0.1, 0.15) is 0 Å². The first kappa shape index (κ1) is 12.5. The van der Waals surface area contributed by atoms with Gasteiger partial charge in [0.15, 0.2) is 5.82 Å². The van der Waals surface area contributed by atoms with Crippen LogP contribution in [0.2, 0.25) is 0 Å². The van der Waals surface area contributed by atoms with Gasteiger partial charge in [-0.15, -0.1) is 0 Å². The van der Waals surface area contributed by atoms with Crippen molar-refractivity contribution >= 4 is 5.82 Å². The Morgan fingerprint density at radius 3 is 3.06 bits per heavy atom. The maximum atomic E-state index is 11.3. The Bertz CT molecular complexity index is 366. The molecular weight excluding hydrogens is 212 g/mol. The number of aromatic nitrogens is 2. The Hall–Kier alpha value is -1.60. The molecular formula is C9H16N4O3. The summed E-state index contributed by atoms with van der Waals surface area (Å²) in [6.07, 6.45) is 1.31. The monoisotopic (exact) mass is 228 g/mol. The fourth-order valence-electron chi connectivity index (χ4n) is 1.13. The molecule has 0 unspecified atom stereocenters. The molecule has 0 bridgehead atoms. The summed E-state index contributed by atoms with van der Waals surface area (Å²) in [4.78, 5) is 17.7. The Kier molecular flexibility index (Phi) is 5.30. The van der Waals surface area contributed by atoms with Crippen molar-refractivity contribution in [3.05, 3.63) is 16.7 Å². The minimum absolute atomic E-state index is 0.168. The SMILES string of the molecule is COc1c(NCCOCCN)nc[nH]c1=O. The van der Waals surface area contributed by atoms with Gasteiger partial charge in [0.2, 0.25) is 5.75 Å². The minimum Gasteiger partial charge on any atom is -0.489 e. The number of hydrogen-bond acceptors (Lipinski definition) is 6. The first-order valence-corrected chi connectivity index (χ1v) is 4.93. The van der Waals surface area contributed by atoms with Gasteiger partial charge in [0.25, 0.3) is 5.56 Å². The van der Waals surface area contributed by atoms with Gasteiger partial charge in [-0.25, -0.2) is 4.98 Å². The Morgan fingerprint density at radius 2 is 2.38 bits per heavy atom. The van der Waals surface area contributed by atoms with Crippen molar-refractivity contribution in [3.8, 4) is 5.75 Å². The molecule has 90 valence electrons. The van der Waals surface area contributed by atoms with E-state index in [9.17, 15) is 4.79 Å². The maximum Gasteiger partial charge on any atom is 0.295 e. The average molecular weight is 228 g/mol. The normalized spacial score (nSPS) is 10.1. The molecule has 1 heterocycles. The van der Waals surface area contributed by atoms with E-state index in [1.54, 1.807) is 0 Å². The lowest BCUT2D eigenvalue weighted by molar-refractivity contribution is 0.151. The molecule has 0 aliphatic heterocycles. The summed E-state index contributed by atoms with van der Waals surface area (Å²) >= 11 is 0. The molecule has 1 aromatic rings. The standard InChI is InChI=1S/C9H16N4O3/c1-15-7-8(12-6-13-9(7)14)11-3-5-16-4-2-10/h6H,2-5,10H2,1H3,(H2,11,12,13,14). The van der Waals surface area contributed by atoms with Crippen LogP contribution in [-0.2, 0) is 4.74 Å². The zero-order chi connectivity index (χ0) is 11.8. The van der Waals surface area contributed by atoms with E-state index in [1.165, 1.54) is 13.4 Å². The Morgan fingerprint density at radius 1 is 1.56 bits per heavy atom. The summed E-state index contributed by atoms with van der Waals surface area (Å²) in [5.74, 6) is 0.573. The topological polar surface area (TPSA) is 102 Å². The average Bonchev–Trinajstić information content (AvgIpc) is 2.29. The molecule has 1 aromatic heterocycles. The third-order valence-electron chi connectivity index (χ3n) is 1.82. The number of hydrogen-bond donors (Lipinski definition) is 3. The number of anilines is 1. The lowest BCUT2D eigenvalue weighted by Crippen LogP contribution is -2.18. The van der Waals surface area contributed by atoms with Crippen LogP contribution in [0.25, 0.3) is 0 Å². The van der Waals surface area contributed by atoms with E-state index in [4.69, 9.17) is 15.2 Å². The molecule has 7 heteroatoms. The molecule has 0 saturated heterocycles. The summed E-state index contributed by atoms with van der Waals surface area (Å²) < 4.78 is 10.1. The third-order valence-corrected chi connectivity index (χ3v) is 1.82. The molecule has 0 spiro atoms. The molecule has 16 heavy (non-hydrogen) atoms. The molecule has 0 aromatic carbocycles. The van der Waals surface area contributed by atoms with Crippen LogP contribution in [0.15, 0.2) is 11.1 Å². The lowest BCUT2D eigenvalue weighted by atomic mass is 10.5. The van der Waals surface area contributed by atoms with E-state index >= 15 is 0 Å². The van der Waals surface area contributed by atoms with E-state index in [-0.39, 0.29) is 11.3 Å². The number of rotatable bonds is 7. The highest BCUT2D eigenvalue weighted by Crippen LogP contribution is 2.13. The second-order valence-corrected chi connectivity index (χ2v) is 2.94. The molecule has 0 atom stereocenters. The number of nitrogens with zero attached hydrogens (tertiary/aromatic N) is 1. The Labute approximate surface area is 93.0 Å². The lowest BCUT2D eigenvalue weighted by Gasteiger charge is -2.08. The fraction of sp³-hybridized carbons (Fsp3) is 0.556. The van der Waals surface area contributed by atoms with Crippen molar-refractivity contribution in [1.82, 2.24) is 9.97 Å². The number of nitrogens with one attached hydrogen (secondary N) is 2. The number of H-pyrrole nitrogens is 1. The molecule has 0 fully saturated rings. The molecule has 0 aliphatic carbocycles. The molecule has 0 saturated carbocycles. The van der Waals surface area contributed by atoms with Gasteiger partial charge in [-0.05, 0) is 0 Å². The summed E-state index contributed by atoms with van der Waals surface area (Å²) in [5.41, 5.74) is 4.95. The minimum atomic E-state index is -0.317. The van der Waals surface area contributed by atoms with Gasteiger partial charge < -0.3 is 25.5 Å². The van der Waals surface area contributed by atoms with E-state index in [2.05, 4.69) is 15.3 Å². The summed E-state index contributed by atoms with van der Waals surface area (Å²) in [5, 5.41) is 2.94. The number of aromatic amines is 1. The van der Waals surface area contributed by atoms with Crippen molar-refractivity contribution in [1.29, 1.82) is 0 Å². The second-order valence-electron chi connectivity index (χ2n) is 2.94. The van der Waals surface area contributed by atoms with Crippen LogP contribution in [0, 0.1) is 0 Å². The second kappa shape index (κ2) is 6.81. The van der Waals surface area contributed by atoms with Crippen LogP contribution in [0.4, 0.5) is 5.82 Å². The predicted molar refractivity (Wildman–Crippen MR) is 59.8 cm³/mol. The quantitative estimate of drug-likeness (QED) is 0.526. The highest BCUT2D eigenvalue weighted by atomic mass is 16.5. The molecule has 4 N–H and O–H groups in total. The smallest absolute Gasteiger partial charge is 0.295 e. The van der Waals surface area contributed by atoms with Crippen molar-refractivity contribution < 1.29 is 9.47 Å². The zero-order valence-electron chi connectivity index (χ0n) is 9.16. The highest BCUT2D eigenvalue weighted by Gasteiger charge is 2.07. The van der Waals surface area contributed by atoms with Gasteiger partial charge in [0.05, 0.1) is 26.7 Å². The van der Waals surface area contributed by atoms with E-state index in [1.807, 2.05) is 0 Å². The highest BCUT2D eigenvalue weighted by molar-refractivity contribution is 5.47. The summed E-state index contributed by atoms with van der Waals surface area (Å²) in [6.45, 7) is 2.04. The van der Waals surface area contributed by atoms with Crippen LogP contribution < -0.4 is 21.3 Å². The number of methoxy groups -OCH3 is 1. The molecule has 7 nitrogen and oxygen atoms in total. The van der Waals surface area contributed by atoms with Gasteiger partial charge in [-0.3, -0.25) is 4.79 Å². The van der Waals surface area contributed by atoms with Crippen molar-refractivity contribution in [3.63, 3.8) is 0 Å². The van der Waals surface area contributed by atoms with Crippen LogP contribution in [-0.4, -0.2) is 43.4 Å². The van der Waals surface area contributed by atoms with E-state index in [0.29, 0.717) is 32.1 Å². The van der Waals surface area contributed by atoms with Crippen molar-refractivity contribution in [2.24, 2.45) is 5.73 Å². The van der Waals surface area contributed by atoms with Gasteiger partial charge >= 0.3 is 0 Å². The Balaban J connectivity index is 2.47. The van der Waals surface area contributed by atoms with Crippen molar-refractivity contribution in [2.45, 2.75) is 0 Å². The van der Waals surface area contributed by atoms with Gasteiger partial charge in [0, 0.05) is 13.1 Å². The maximum absolute atomic E-state index is 11.3. The molecule has 1 rings (SSSR count). The molecule has 0 amide bonds. The zero-order valence-corrected chi connectivity index (χ0v) is 9.16. The largest absolute Gasteiger partial charge is 0.489 e. The number of ether oxygens (including phenoxy) is 2. The number of nitrogens with two attached hydrogens (primary N) is 1. The summed E-state index contributed by atoms with van der Waals surface area (Å²) in [7, 11) is 1.42. The van der Waals surface area contributed by atoms with Crippen molar-refractivity contribution in [2.75, 3.05) is 38.7 Å². The van der Waals surface area contributed by atoms with E-state index in [0.717, 1.165) is 0 Å². The molecule has 0 aliphatic rings. The predicted octanol–water partition coefficient (Wildman–Crippen LogP) is -0.834. The van der Waals surface area contributed by atoms with E-state index < -0.39 is 0 Å². The van der Waals surface area contributed by atoms with Crippen LogP contribution in [0.3, 0.4) is 0 Å². The molecule has 0 radical (unpaired) electrons. The first-order chi connectivity index (χ1) is 7.79. The van der Waals surface area contributed by atoms with Crippen LogP contribution >= 0.6 is 0 Å². The van der Waals surface area contributed by atoms with Crippen LogP contribution in [0.5, 0.6) is 5.75 Å². The van der Waals surface area contributed by atoms with Crippen LogP contribution in [0.1, 0.15) is 0 Å². The fourth-order valence-corrected chi connectivity index (χ4v) is 1.13. The van der Waals surface area contributed by atoms with Gasteiger partial charge in [-0.2, -0.15) is 0 Å². The first-order valence-electron chi connectivity index (χ1n) is 4.93. The third kappa shape index (κ3) is 3.52. The summed E-state index contributed by atoms with van der Waals surface area (Å²) in [6, 6.07) is 0. The van der Waals surface area contributed by atoms with Gasteiger partial charge in [-0.1, -0.05) is 0 Å².